The van der Waals surface area contributed by atoms with Gasteiger partial charge in [0.2, 0.25) is 0 Å². The molecule has 2 fully saturated rings. The molecule has 0 unspecified atom stereocenters. The van der Waals surface area contributed by atoms with Crippen LogP contribution in [-0.2, 0) is 9.53 Å². The average Bonchev–Trinajstić information content (AvgIpc) is 2.54. The highest BCUT2D eigenvalue weighted by molar-refractivity contribution is 5.74. The van der Waals surface area contributed by atoms with E-state index in [9.17, 15) is 4.79 Å². The van der Waals surface area contributed by atoms with Gasteiger partial charge in [0.1, 0.15) is 6.10 Å². The Morgan fingerprint density at radius 2 is 2.07 bits per heavy atom. The Kier molecular flexibility index (Phi) is 2.54. The third kappa shape index (κ3) is 1.35. The Balaban J connectivity index is 2.18. The summed E-state index contributed by atoms with van der Waals surface area (Å²) in [5.41, 5.74) is 0. The first kappa shape index (κ1) is 10.0. The van der Waals surface area contributed by atoms with Crippen molar-refractivity contribution in [2.45, 2.75) is 46.1 Å². The number of rotatable bonds is 1. The summed E-state index contributed by atoms with van der Waals surface area (Å²) in [5.74, 6) is 1.97. The van der Waals surface area contributed by atoms with Crippen LogP contribution in [0.3, 0.4) is 0 Å². The monoisotopic (exact) mass is 196 g/mol. The topological polar surface area (TPSA) is 26.3 Å². The normalized spacial score (nSPS) is 47.4. The zero-order chi connectivity index (χ0) is 10.3. The molecule has 0 bridgehead atoms. The minimum Gasteiger partial charge on any atom is -0.462 e. The van der Waals surface area contributed by atoms with Crippen LogP contribution in [0.15, 0.2) is 0 Å². The van der Waals surface area contributed by atoms with Gasteiger partial charge in [-0.25, -0.2) is 0 Å². The van der Waals surface area contributed by atoms with E-state index in [1.807, 2.05) is 0 Å². The largest absolute Gasteiger partial charge is 0.462 e. The molecule has 0 N–H and O–H groups in total. The van der Waals surface area contributed by atoms with Gasteiger partial charge in [0.05, 0.1) is 5.92 Å². The van der Waals surface area contributed by atoms with Gasteiger partial charge >= 0.3 is 5.97 Å². The van der Waals surface area contributed by atoms with Gasteiger partial charge in [0, 0.05) is 0 Å². The van der Waals surface area contributed by atoms with Crippen molar-refractivity contribution >= 4 is 5.97 Å². The van der Waals surface area contributed by atoms with Gasteiger partial charge in [0.25, 0.3) is 0 Å². The summed E-state index contributed by atoms with van der Waals surface area (Å²) < 4.78 is 5.49. The second kappa shape index (κ2) is 3.56. The van der Waals surface area contributed by atoms with E-state index in [0.29, 0.717) is 17.8 Å². The first-order valence-electron chi connectivity index (χ1n) is 5.85. The van der Waals surface area contributed by atoms with Gasteiger partial charge in [-0.05, 0) is 37.0 Å². The molecule has 1 heterocycles. The molecule has 0 radical (unpaired) electrons. The molecule has 2 rings (SSSR count). The van der Waals surface area contributed by atoms with Crippen LogP contribution in [0.1, 0.15) is 40.0 Å². The summed E-state index contributed by atoms with van der Waals surface area (Å²) in [6.07, 6.45) is 3.56. The van der Waals surface area contributed by atoms with Crippen molar-refractivity contribution in [3.05, 3.63) is 0 Å². The number of hydrogen-bond acceptors (Lipinski definition) is 2. The zero-order valence-corrected chi connectivity index (χ0v) is 9.32. The lowest BCUT2D eigenvalue weighted by atomic mass is 9.77. The maximum Gasteiger partial charge on any atom is 0.309 e. The molecule has 0 aromatic heterocycles. The predicted octanol–water partition coefficient (Wildman–Crippen LogP) is 2.62. The molecule has 2 aliphatic rings. The summed E-state index contributed by atoms with van der Waals surface area (Å²) in [6.45, 7) is 6.54. The molecule has 1 aliphatic carbocycles. The minimum atomic E-state index is 0.0740. The van der Waals surface area contributed by atoms with Crippen LogP contribution in [0.25, 0.3) is 0 Å². The third-order valence-corrected chi connectivity index (χ3v) is 4.23. The number of ether oxygens (including phenoxy) is 1. The molecule has 5 atom stereocenters. The van der Waals surface area contributed by atoms with Gasteiger partial charge < -0.3 is 4.74 Å². The Hall–Kier alpha value is -0.530. The van der Waals surface area contributed by atoms with Crippen molar-refractivity contribution in [2.24, 2.45) is 23.7 Å². The van der Waals surface area contributed by atoms with Crippen molar-refractivity contribution < 1.29 is 9.53 Å². The summed E-state index contributed by atoms with van der Waals surface area (Å²) in [4.78, 5) is 11.8. The molecule has 0 aromatic rings. The lowest BCUT2D eigenvalue weighted by Gasteiger charge is -2.37. The lowest BCUT2D eigenvalue weighted by molar-refractivity contribution is -0.171. The van der Waals surface area contributed by atoms with E-state index in [2.05, 4.69) is 20.8 Å². The van der Waals surface area contributed by atoms with Crippen LogP contribution in [0.2, 0.25) is 0 Å². The minimum absolute atomic E-state index is 0.0740. The van der Waals surface area contributed by atoms with E-state index < -0.39 is 0 Å². The molecule has 2 heteroatoms. The Morgan fingerprint density at radius 1 is 1.36 bits per heavy atom. The predicted molar refractivity (Wildman–Crippen MR) is 54.7 cm³/mol. The number of fused-ring (bicyclic) bond motifs is 1. The van der Waals surface area contributed by atoms with E-state index >= 15 is 0 Å². The second-order valence-corrected chi connectivity index (χ2v) is 4.99. The number of carbonyl (C=O) groups excluding carboxylic acids is 1. The van der Waals surface area contributed by atoms with Crippen LogP contribution < -0.4 is 0 Å². The van der Waals surface area contributed by atoms with Crippen molar-refractivity contribution in [1.82, 2.24) is 0 Å². The highest BCUT2D eigenvalue weighted by Gasteiger charge is 2.48. The zero-order valence-electron chi connectivity index (χ0n) is 9.32. The number of cyclic esters (lactones) is 1. The SMILES string of the molecule is CC[C@H]1OC(=O)[C@H]2[C@H](CC[C@@H]2C)[C@H]1C. The molecule has 0 aromatic carbocycles. The summed E-state index contributed by atoms with van der Waals surface area (Å²) in [6, 6.07) is 0. The number of esters is 1. The van der Waals surface area contributed by atoms with E-state index in [1.54, 1.807) is 0 Å². The molecule has 0 spiro atoms. The Labute approximate surface area is 86.0 Å². The fourth-order valence-electron chi connectivity index (χ4n) is 3.30. The van der Waals surface area contributed by atoms with E-state index in [0.717, 1.165) is 6.42 Å². The average molecular weight is 196 g/mol. The van der Waals surface area contributed by atoms with Gasteiger partial charge in [-0.15, -0.1) is 0 Å². The first-order chi connectivity index (χ1) is 6.65. The van der Waals surface area contributed by atoms with Crippen LogP contribution in [0.5, 0.6) is 0 Å². The van der Waals surface area contributed by atoms with Gasteiger partial charge in [-0.2, -0.15) is 0 Å². The van der Waals surface area contributed by atoms with Gasteiger partial charge in [-0.1, -0.05) is 20.8 Å². The van der Waals surface area contributed by atoms with Crippen LogP contribution in [0, 0.1) is 23.7 Å². The second-order valence-electron chi connectivity index (χ2n) is 4.99. The maximum absolute atomic E-state index is 11.8. The molecule has 1 saturated heterocycles. The molecule has 80 valence electrons. The van der Waals surface area contributed by atoms with Crippen molar-refractivity contribution in [2.75, 3.05) is 0 Å². The maximum atomic E-state index is 11.8. The molecule has 1 saturated carbocycles. The van der Waals surface area contributed by atoms with Crippen molar-refractivity contribution in [1.29, 1.82) is 0 Å². The fraction of sp³-hybridized carbons (Fsp3) is 0.917. The molecule has 0 amide bonds. The van der Waals surface area contributed by atoms with Gasteiger partial charge in [0.15, 0.2) is 0 Å². The highest BCUT2D eigenvalue weighted by atomic mass is 16.5. The highest BCUT2D eigenvalue weighted by Crippen LogP contribution is 2.46. The fourth-order valence-corrected chi connectivity index (χ4v) is 3.30. The summed E-state index contributed by atoms with van der Waals surface area (Å²) >= 11 is 0. The van der Waals surface area contributed by atoms with E-state index in [4.69, 9.17) is 4.74 Å². The van der Waals surface area contributed by atoms with E-state index in [-0.39, 0.29) is 18.0 Å². The summed E-state index contributed by atoms with van der Waals surface area (Å²) in [7, 11) is 0. The molecular weight excluding hydrogens is 176 g/mol. The van der Waals surface area contributed by atoms with Crippen LogP contribution in [0.4, 0.5) is 0 Å². The Morgan fingerprint density at radius 3 is 2.71 bits per heavy atom. The quantitative estimate of drug-likeness (QED) is 0.603. The summed E-state index contributed by atoms with van der Waals surface area (Å²) in [5, 5.41) is 0. The number of carbonyl (C=O) groups is 1. The smallest absolute Gasteiger partial charge is 0.309 e. The van der Waals surface area contributed by atoms with Crippen molar-refractivity contribution in [3.63, 3.8) is 0 Å². The van der Waals surface area contributed by atoms with Gasteiger partial charge in [-0.3, -0.25) is 4.79 Å². The van der Waals surface area contributed by atoms with Crippen LogP contribution in [-0.4, -0.2) is 12.1 Å². The number of hydrogen-bond donors (Lipinski definition) is 0. The first-order valence-corrected chi connectivity index (χ1v) is 5.85. The Bertz CT molecular complexity index is 236. The molecular formula is C12H20O2. The standard InChI is InChI=1S/C12H20O2/c1-4-10-8(3)9-6-5-7(2)11(9)12(13)14-10/h7-11H,4-6H2,1-3H3/t7-,8+,9+,10+,11+/m0/s1. The van der Waals surface area contributed by atoms with E-state index in [1.165, 1.54) is 12.8 Å². The molecule has 14 heavy (non-hydrogen) atoms. The van der Waals surface area contributed by atoms with Crippen LogP contribution >= 0.6 is 0 Å². The molecule has 2 nitrogen and oxygen atoms in total. The van der Waals surface area contributed by atoms with Crippen molar-refractivity contribution in [3.8, 4) is 0 Å². The third-order valence-electron chi connectivity index (χ3n) is 4.23. The molecule has 1 aliphatic heterocycles. The lowest BCUT2D eigenvalue weighted by Crippen LogP contribution is -2.43.